The van der Waals surface area contributed by atoms with Gasteiger partial charge in [0.1, 0.15) is 11.5 Å². The molecule has 0 saturated heterocycles. The van der Waals surface area contributed by atoms with Crippen LogP contribution >= 0.6 is 0 Å². The van der Waals surface area contributed by atoms with Crippen molar-refractivity contribution in [3.05, 3.63) is 51.7 Å². The summed E-state index contributed by atoms with van der Waals surface area (Å²) in [4.78, 5) is 13.8. The highest BCUT2D eigenvalue weighted by molar-refractivity contribution is 5.98. The highest BCUT2D eigenvalue weighted by Crippen LogP contribution is 2.04. The van der Waals surface area contributed by atoms with Crippen molar-refractivity contribution in [2.75, 3.05) is 5.43 Å². The van der Waals surface area contributed by atoms with Crippen LogP contribution in [0.25, 0.3) is 0 Å². The Balaban J connectivity index is 2.15. The summed E-state index contributed by atoms with van der Waals surface area (Å²) < 4.78 is 12.8. The number of hydrazone groups is 1. The van der Waals surface area contributed by atoms with E-state index >= 15 is 0 Å². The molecular formula is C12H12FN5O. The van der Waals surface area contributed by atoms with Crippen LogP contribution in [-0.2, 0) is 0 Å². The van der Waals surface area contributed by atoms with Gasteiger partial charge in [-0.1, -0.05) is 12.1 Å². The minimum absolute atomic E-state index is 0.150. The first-order valence-electron chi connectivity index (χ1n) is 5.56. The summed E-state index contributed by atoms with van der Waals surface area (Å²) in [6, 6.07) is 5.92. The number of rotatable bonds is 3. The quantitative estimate of drug-likeness (QED) is 0.647. The topological polar surface area (TPSA) is 83.0 Å². The third-order valence-corrected chi connectivity index (χ3v) is 2.45. The van der Waals surface area contributed by atoms with E-state index in [0.29, 0.717) is 5.71 Å². The van der Waals surface area contributed by atoms with Gasteiger partial charge >= 0.3 is 0 Å². The molecule has 0 aliphatic rings. The van der Waals surface area contributed by atoms with Crippen molar-refractivity contribution in [3.63, 3.8) is 0 Å². The Bertz CT molecular complexity index is 663. The first-order chi connectivity index (χ1) is 9.06. The minimum Gasteiger partial charge on any atom is -0.288 e. The molecular weight excluding hydrogens is 249 g/mol. The van der Waals surface area contributed by atoms with Gasteiger partial charge in [0.15, 0.2) is 0 Å². The average Bonchev–Trinajstić information content (AvgIpc) is 2.40. The predicted molar refractivity (Wildman–Crippen MR) is 69.6 cm³/mol. The van der Waals surface area contributed by atoms with Gasteiger partial charge in [0.05, 0.1) is 5.71 Å². The van der Waals surface area contributed by atoms with Crippen LogP contribution in [0.4, 0.5) is 10.3 Å². The van der Waals surface area contributed by atoms with E-state index in [9.17, 15) is 9.18 Å². The summed E-state index contributed by atoms with van der Waals surface area (Å²) in [5.74, 6) is -0.157. The Hall–Kier alpha value is -2.57. The van der Waals surface area contributed by atoms with Crippen LogP contribution in [-0.4, -0.2) is 20.9 Å². The summed E-state index contributed by atoms with van der Waals surface area (Å²) in [5, 5.41) is 11.4. The van der Waals surface area contributed by atoms with Crippen LogP contribution in [0.15, 0.2) is 34.2 Å². The smallest absolute Gasteiger partial charge is 0.274 e. The molecule has 2 rings (SSSR count). The van der Waals surface area contributed by atoms with E-state index in [1.807, 2.05) is 0 Å². The number of nitrogens with zero attached hydrogens (tertiary/aromatic N) is 3. The number of hydrogen-bond acceptors (Lipinski definition) is 5. The Morgan fingerprint density at radius 3 is 2.63 bits per heavy atom. The second-order valence-electron chi connectivity index (χ2n) is 3.90. The van der Waals surface area contributed by atoms with Crippen molar-refractivity contribution < 1.29 is 4.39 Å². The molecule has 98 valence electrons. The van der Waals surface area contributed by atoms with E-state index in [2.05, 4.69) is 25.7 Å². The zero-order valence-electron chi connectivity index (χ0n) is 10.4. The zero-order chi connectivity index (χ0) is 13.8. The maximum absolute atomic E-state index is 12.8. The Labute approximate surface area is 108 Å². The fraction of sp³-hybridized carbons (Fsp3) is 0.167. The molecule has 19 heavy (non-hydrogen) atoms. The molecule has 1 heterocycles. The van der Waals surface area contributed by atoms with Crippen molar-refractivity contribution in [1.82, 2.24) is 15.2 Å². The number of H-pyrrole nitrogens is 1. The third kappa shape index (κ3) is 3.21. The van der Waals surface area contributed by atoms with E-state index in [-0.39, 0.29) is 23.0 Å². The Morgan fingerprint density at radius 1 is 1.32 bits per heavy atom. The van der Waals surface area contributed by atoms with Crippen molar-refractivity contribution in [1.29, 1.82) is 0 Å². The van der Waals surface area contributed by atoms with Crippen LogP contribution in [0, 0.1) is 12.7 Å². The fourth-order valence-corrected chi connectivity index (χ4v) is 1.34. The molecule has 0 amide bonds. The molecule has 0 unspecified atom stereocenters. The minimum atomic E-state index is -0.327. The predicted octanol–water partition coefficient (Wildman–Crippen LogP) is 1.45. The molecule has 6 nitrogen and oxygen atoms in total. The van der Waals surface area contributed by atoms with E-state index < -0.39 is 0 Å². The number of halogens is 1. The summed E-state index contributed by atoms with van der Waals surface area (Å²) in [5.41, 5.74) is 3.93. The van der Waals surface area contributed by atoms with Crippen molar-refractivity contribution in [2.24, 2.45) is 5.10 Å². The fourth-order valence-electron chi connectivity index (χ4n) is 1.34. The lowest BCUT2D eigenvalue weighted by Gasteiger charge is -2.02. The summed E-state index contributed by atoms with van der Waals surface area (Å²) in [6.45, 7) is 3.31. The molecule has 2 N–H and O–H groups in total. The molecule has 0 radical (unpaired) electrons. The molecule has 0 spiro atoms. The zero-order valence-corrected chi connectivity index (χ0v) is 10.4. The standard InChI is InChI=1S/C12H12FN5O/c1-7(9-3-5-10(13)6-4-9)15-17-12-14-11(19)8(2)16-18-12/h3-6H,1-2H3,(H2,14,17,18,19)/b15-7-. The van der Waals surface area contributed by atoms with E-state index in [4.69, 9.17) is 0 Å². The van der Waals surface area contributed by atoms with E-state index in [0.717, 1.165) is 5.56 Å². The lowest BCUT2D eigenvalue weighted by Crippen LogP contribution is -2.16. The lowest BCUT2D eigenvalue weighted by atomic mass is 10.1. The number of aromatic amines is 1. The van der Waals surface area contributed by atoms with Gasteiger partial charge < -0.3 is 0 Å². The van der Waals surface area contributed by atoms with Gasteiger partial charge in [-0.2, -0.15) is 5.10 Å². The van der Waals surface area contributed by atoms with E-state index in [1.165, 1.54) is 12.1 Å². The maximum Gasteiger partial charge on any atom is 0.274 e. The second-order valence-corrected chi connectivity index (χ2v) is 3.90. The van der Waals surface area contributed by atoms with Gasteiger partial charge in [-0.25, -0.2) is 9.82 Å². The van der Waals surface area contributed by atoms with Crippen LogP contribution in [0.5, 0.6) is 0 Å². The molecule has 1 aromatic heterocycles. The van der Waals surface area contributed by atoms with Crippen molar-refractivity contribution in [3.8, 4) is 0 Å². The molecule has 0 bridgehead atoms. The third-order valence-electron chi connectivity index (χ3n) is 2.45. The highest BCUT2D eigenvalue weighted by atomic mass is 19.1. The largest absolute Gasteiger partial charge is 0.288 e. The molecule has 0 atom stereocenters. The Kier molecular flexibility index (Phi) is 3.65. The van der Waals surface area contributed by atoms with Gasteiger partial charge in [0, 0.05) is 0 Å². The SMILES string of the molecule is C/C(=N/Nc1nnc(C)c(=O)[nH]1)c1ccc(F)cc1. The molecule has 7 heteroatoms. The van der Waals surface area contributed by atoms with E-state index in [1.54, 1.807) is 26.0 Å². The number of benzene rings is 1. The highest BCUT2D eigenvalue weighted by Gasteiger charge is 2.00. The number of aromatic nitrogens is 3. The molecule has 0 fully saturated rings. The van der Waals surface area contributed by atoms with Crippen molar-refractivity contribution >= 4 is 11.7 Å². The summed E-state index contributed by atoms with van der Waals surface area (Å²) in [6.07, 6.45) is 0. The number of nitrogens with one attached hydrogen (secondary N) is 2. The summed E-state index contributed by atoms with van der Waals surface area (Å²) in [7, 11) is 0. The monoisotopic (exact) mass is 261 g/mol. The Morgan fingerprint density at radius 2 is 2.00 bits per heavy atom. The lowest BCUT2D eigenvalue weighted by molar-refractivity contribution is 0.628. The van der Waals surface area contributed by atoms with Crippen LogP contribution in [0.2, 0.25) is 0 Å². The van der Waals surface area contributed by atoms with Crippen LogP contribution in [0.1, 0.15) is 18.2 Å². The average molecular weight is 261 g/mol. The van der Waals surface area contributed by atoms with Crippen LogP contribution in [0.3, 0.4) is 0 Å². The normalized spacial score (nSPS) is 11.4. The molecule has 0 saturated carbocycles. The first-order valence-corrected chi connectivity index (χ1v) is 5.56. The molecule has 0 aliphatic carbocycles. The molecule has 2 aromatic rings. The van der Waals surface area contributed by atoms with Crippen molar-refractivity contribution in [2.45, 2.75) is 13.8 Å². The van der Waals surface area contributed by atoms with Crippen LogP contribution < -0.4 is 11.0 Å². The first kappa shape index (κ1) is 12.9. The summed E-state index contributed by atoms with van der Waals surface area (Å²) >= 11 is 0. The second kappa shape index (κ2) is 5.38. The number of hydrogen-bond donors (Lipinski definition) is 2. The van der Waals surface area contributed by atoms with Gasteiger partial charge in [-0.05, 0) is 31.5 Å². The number of aryl methyl sites for hydroxylation is 1. The van der Waals surface area contributed by atoms with Gasteiger partial charge in [0.25, 0.3) is 5.56 Å². The number of anilines is 1. The van der Waals surface area contributed by atoms with Gasteiger partial charge in [-0.3, -0.25) is 9.78 Å². The maximum atomic E-state index is 12.8. The van der Waals surface area contributed by atoms with Gasteiger partial charge in [-0.15, -0.1) is 10.2 Å². The molecule has 1 aromatic carbocycles. The molecule has 0 aliphatic heterocycles. The van der Waals surface area contributed by atoms with Gasteiger partial charge in [0.2, 0.25) is 5.95 Å².